The van der Waals surface area contributed by atoms with Gasteiger partial charge in [-0.15, -0.1) is 0 Å². The molecule has 1 heterocycles. The number of aliphatic carboxylic acids is 1. The molecule has 1 aliphatic carbocycles. The highest BCUT2D eigenvalue weighted by atomic mass is 19.4. The van der Waals surface area contributed by atoms with Crippen molar-refractivity contribution in [1.82, 2.24) is 9.80 Å². The van der Waals surface area contributed by atoms with Crippen LogP contribution in [0.4, 0.5) is 22.4 Å². The standard InChI is InChI=1S/C23H30F4N2O5/c1-15-11-18(24)12-17(19(15)33-14-22(20(30)31)5-3-4-6-22)13-28-7-9-29(10-8-28)21(32)34-16(2)23(25,26)27/h11-12,16H,3-10,13-14H2,1-2H3,(H,30,31). The van der Waals surface area contributed by atoms with Crippen molar-refractivity contribution in [3.05, 3.63) is 29.1 Å². The van der Waals surface area contributed by atoms with Crippen molar-refractivity contribution in [1.29, 1.82) is 0 Å². The van der Waals surface area contributed by atoms with Gasteiger partial charge in [0.25, 0.3) is 0 Å². The Bertz CT molecular complexity index is 894. The summed E-state index contributed by atoms with van der Waals surface area (Å²) in [6.45, 7) is 3.79. The van der Waals surface area contributed by atoms with Crippen LogP contribution in [0, 0.1) is 18.2 Å². The van der Waals surface area contributed by atoms with E-state index in [2.05, 4.69) is 4.74 Å². The van der Waals surface area contributed by atoms with E-state index in [4.69, 9.17) is 4.74 Å². The third-order valence-electron chi connectivity index (χ3n) is 6.59. The summed E-state index contributed by atoms with van der Waals surface area (Å²) >= 11 is 0. The Morgan fingerprint density at radius 3 is 2.32 bits per heavy atom. The van der Waals surface area contributed by atoms with Gasteiger partial charge in [-0.3, -0.25) is 9.69 Å². The van der Waals surface area contributed by atoms with E-state index in [-0.39, 0.29) is 26.2 Å². The molecule has 3 rings (SSSR count). The van der Waals surface area contributed by atoms with Crippen LogP contribution in [0.25, 0.3) is 0 Å². The number of carbonyl (C=O) groups is 2. The van der Waals surface area contributed by atoms with Gasteiger partial charge in [-0.05, 0) is 44.4 Å². The van der Waals surface area contributed by atoms with E-state index in [1.807, 2.05) is 4.90 Å². The second kappa shape index (κ2) is 10.4. The van der Waals surface area contributed by atoms with E-state index in [1.54, 1.807) is 6.92 Å². The summed E-state index contributed by atoms with van der Waals surface area (Å²) in [5, 5.41) is 9.70. The van der Waals surface area contributed by atoms with Gasteiger partial charge >= 0.3 is 18.2 Å². The topological polar surface area (TPSA) is 79.3 Å². The predicted molar refractivity (Wildman–Crippen MR) is 114 cm³/mol. The molecule has 34 heavy (non-hydrogen) atoms. The summed E-state index contributed by atoms with van der Waals surface area (Å²) in [5.41, 5.74) is 0.159. The van der Waals surface area contributed by atoms with Crippen LogP contribution in [0.1, 0.15) is 43.7 Å². The highest BCUT2D eigenvalue weighted by Gasteiger charge is 2.43. The number of hydrogen-bond donors (Lipinski definition) is 1. The Hall–Kier alpha value is -2.56. The SMILES string of the molecule is Cc1cc(F)cc(CN2CCN(C(=O)OC(C)C(F)(F)F)CC2)c1OCC1(C(=O)O)CCCC1. The van der Waals surface area contributed by atoms with Crippen molar-refractivity contribution >= 4 is 12.1 Å². The lowest BCUT2D eigenvalue weighted by Crippen LogP contribution is -2.49. The molecule has 0 radical (unpaired) electrons. The minimum atomic E-state index is -4.62. The van der Waals surface area contributed by atoms with Crippen LogP contribution in [0.15, 0.2) is 12.1 Å². The number of rotatable bonds is 7. The highest BCUT2D eigenvalue weighted by molar-refractivity contribution is 5.75. The second-order valence-corrected chi connectivity index (χ2v) is 9.12. The van der Waals surface area contributed by atoms with Crippen molar-refractivity contribution in [3.8, 4) is 5.75 Å². The van der Waals surface area contributed by atoms with Crippen LogP contribution >= 0.6 is 0 Å². The molecular formula is C23H30F4N2O5. The van der Waals surface area contributed by atoms with Crippen LogP contribution in [0.2, 0.25) is 0 Å². The lowest BCUT2D eigenvalue weighted by atomic mass is 9.87. The molecule has 7 nitrogen and oxygen atoms in total. The van der Waals surface area contributed by atoms with E-state index in [1.165, 1.54) is 17.0 Å². The first-order valence-electron chi connectivity index (χ1n) is 11.3. The second-order valence-electron chi connectivity index (χ2n) is 9.12. The van der Waals surface area contributed by atoms with Gasteiger partial charge in [0, 0.05) is 38.3 Å². The molecule has 1 saturated heterocycles. The fourth-order valence-electron chi connectivity index (χ4n) is 4.43. The van der Waals surface area contributed by atoms with Crippen molar-refractivity contribution in [2.24, 2.45) is 5.41 Å². The number of piperazine rings is 1. The molecule has 1 amide bonds. The van der Waals surface area contributed by atoms with Gasteiger partial charge in [-0.2, -0.15) is 13.2 Å². The minimum Gasteiger partial charge on any atom is -0.492 e. The molecule has 0 bridgehead atoms. The van der Waals surface area contributed by atoms with Gasteiger partial charge in [0.05, 0.1) is 0 Å². The van der Waals surface area contributed by atoms with Gasteiger partial charge in [0.1, 0.15) is 23.6 Å². The maximum absolute atomic E-state index is 14.2. The van der Waals surface area contributed by atoms with Gasteiger partial charge in [-0.1, -0.05) is 12.8 Å². The first kappa shape index (κ1) is 26.1. The van der Waals surface area contributed by atoms with Crippen LogP contribution in [0.5, 0.6) is 5.75 Å². The zero-order valence-corrected chi connectivity index (χ0v) is 19.3. The number of alkyl halides is 3. The summed E-state index contributed by atoms with van der Waals surface area (Å²) in [7, 11) is 0. The first-order chi connectivity index (χ1) is 15.9. The lowest BCUT2D eigenvalue weighted by Gasteiger charge is -2.35. The molecule has 1 aromatic carbocycles. The molecule has 1 N–H and O–H groups in total. The monoisotopic (exact) mass is 490 g/mol. The zero-order chi connectivity index (χ0) is 25.1. The minimum absolute atomic E-state index is 0.00118. The van der Waals surface area contributed by atoms with Gasteiger partial charge < -0.3 is 19.5 Å². The van der Waals surface area contributed by atoms with Gasteiger partial charge in [-0.25, -0.2) is 9.18 Å². The van der Waals surface area contributed by atoms with E-state index >= 15 is 0 Å². The third kappa shape index (κ3) is 6.11. The molecule has 1 aromatic rings. The normalized spacial score (nSPS) is 19.6. The molecule has 11 heteroatoms. The predicted octanol–water partition coefficient (Wildman–Crippen LogP) is 4.36. The van der Waals surface area contributed by atoms with E-state index in [9.17, 15) is 32.3 Å². The average Bonchev–Trinajstić information content (AvgIpc) is 3.23. The molecule has 1 aliphatic heterocycles. The van der Waals surface area contributed by atoms with Crippen LogP contribution in [0.3, 0.4) is 0 Å². The quantitative estimate of drug-likeness (QED) is 0.572. The van der Waals surface area contributed by atoms with E-state index in [0.717, 1.165) is 19.8 Å². The van der Waals surface area contributed by atoms with Crippen molar-refractivity contribution in [2.45, 2.75) is 58.4 Å². The average molecular weight is 490 g/mol. The molecule has 190 valence electrons. The van der Waals surface area contributed by atoms with Crippen molar-refractivity contribution < 1.29 is 41.7 Å². The lowest BCUT2D eigenvalue weighted by molar-refractivity contribution is -0.200. The van der Waals surface area contributed by atoms with Crippen LogP contribution in [-0.2, 0) is 16.1 Å². The molecule has 0 aromatic heterocycles. The molecule has 1 unspecified atom stereocenters. The maximum atomic E-state index is 14.2. The maximum Gasteiger partial charge on any atom is 0.425 e. The fourth-order valence-corrected chi connectivity index (χ4v) is 4.43. The number of benzene rings is 1. The smallest absolute Gasteiger partial charge is 0.425 e. The summed E-state index contributed by atoms with van der Waals surface area (Å²) < 4.78 is 62.5. The molecule has 0 spiro atoms. The molecule has 1 atom stereocenters. The van der Waals surface area contributed by atoms with Crippen LogP contribution < -0.4 is 4.74 Å². The van der Waals surface area contributed by atoms with Crippen LogP contribution in [-0.4, -0.2) is 72.0 Å². The number of amides is 1. The molecule has 2 fully saturated rings. The summed E-state index contributed by atoms with van der Waals surface area (Å²) in [6.07, 6.45) is -5.14. The highest BCUT2D eigenvalue weighted by Crippen LogP contribution is 2.40. The Kier molecular flexibility index (Phi) is 7.95. The molecule has 2 aliphatic rings. The Balaban J connectivity index is 1.63. The number of carbonyl (C=O) groups excluding carboxylic acids is 1. The fraction of sp³-hybridized carbons (Fsp3) is 0.652. The number of carboxylic acid groups (broad SMARTS) is 1. The number of aryl methyl sites for hydroxylation is 1. The largest absolute Gasteiger partial charge is 0.492 e. The summed E-state index contributed by atoms with van der Waals surface area (Å²) in [5.74, 6) is -0.902. The Morgan fingerprint density at radius 2 is 1.76 bits per heavy atom. The zero-order valence-electron chi connectivity index (χ0n) is 19.3. The Labute approximate surface area is 195 Å². The summed E-state index contributed by atoms with van der Waals surface area (Å²) in [4.78, 5) is 27.0. The summed E-state index contributed by atoms with van der Waals surface area (Å²) in [6, 6.07) is 2.67. The number of nitrogens with zero attached hydrogens (tertiary/aromatic N) is 2. The molecular weight excluding hydrogens is 460 g/mol. The molecule has 1 saturated carbocycles. The number of carboxylic acids is 1. The Morgan fingerprint density at radius 1 is 1.15 bits per heavy atom. The number of hydrogen-bond acceptors (Lipinski definition) is 5. The van der Waals surface area contributed by atoms with Gasteiger partial charge in [0.2, 0.25) is 0 Å². The number of ether oxygens (including phenoxy) is 2. The van der Waals surface area contributed by atoms with Crippen molar-refractivity contribution in [3.63, 3.8) is 0 Å². The van der Waals surface area contributed by atoms with E-state index in [0.29, 0.717) is 42.8 Å². The van der Waals surface area contributed by atoms with E-state index < -0.39 is 35.6 Å². The number of halogens is 4. The first-order valence-corrected chi connectivity index (χ1v) is 11.3. The third-order valence-corrected chi connectivity index (χ3v) is 6.59. The van der Waals surface area contributed by atoms with Crippen molar-refractivity contribution in [2.75, 3.05) is 32.8 Å². The van der Waals surface area contributed by atoms with Gasteiger partial charge in [0.15, 0.2) is 6.10 Å².